The van der Waals surface area contributed by atoms with Gasteiger partial charge in [0.15, 0.2) is 8.07 Å². The fraction of sp³-hybridized carbons (Fsp3) is 0.0357. The number of benzene rings is 9. The van der Waals surface area contributed by atoms with Crippen LogP contribution in [0.15, 0.2) is 212 Å². The molecule has 0 aliphatic carbocycles. The fourth-order valence-corrected chi connectivity index (χ4v) is 13.4. The van der Waals surface area contributed by atoms with Crippen molar-refractivity contribution in [1.82, 2.24) is 0 Å². The Balaban J connectivity index is 1.06. The quantitative estimate of drug-likeness (QED) is 0.0597. The van der Waals surface area contributed by atoms with E-state index >= 15 is 0 Å². The molecular formula is C56H44Si. The molecule has 0 N–H and O–H groups in total. The summed E-state index contributed by atoms with van der Waals surface area (Å²) in [6.07, 6.45) is 8.70. The average molecular weight is 745 g/mol. The second-order valence-corrected chi connectivity index (χ2v) is 18.7. The molecule has 272 valence electrons. The number of allylic oxidation sites excluding steroid dienone is 1. The van der Waals surface area contributed by atoms with Crippen LogP contribution in [0.25, 0.3) is 62.0 Å². The molecule has 9 aromatic carbocycles. The van der Waals surface area contributed by atoms with Crippen LogP contribution in [-0.4, -0.2) is 8.07 Å². The maximum Gasteiger partial charge on any atom is 0.179 e. The number of fused-ring (bicyclic) bond motifs is 2. The first-order valence-electron chi connectivity index (χ1n) is 19.9. The van der Waals surface area contributed by atoms with Gasteiger partial charge in [-0.25, -0.2) is 0 Å². The molecule has 0 fully saturated rings. The minimum Gasteiger partial charge on any atom is -0.0871 e. The van der Waals surface area contributed by atoms with Crippen molar-refractivity contribution in [1.29, 1.82) is 0 Å². The zero-order valence-corrected chi connectivity index (χ0v) is 33.4. The first-order chi connectivity index (χ1) is 28.1. The Labute approximate surface area is 337 Å². The molecule has 0 spiro atoms. The van der Waals surface area contributed by atoms with Crippen LogP contribution >= 0.6 is 0 Å². The second-order valence-electron chi connectivity index (χ2n) is 14.9. The zero-order valence-electron chi connectivity index (χ0n) is 32.4. The lowest BCUT2D eigenvalue weighted by atomic mass is 9.85. The van der Waals surface area contributed by atoms with Gasteiger partial charge < -0.3 is 0 Å². The van der Waals surface area contributed by atoms with Gasteiger partial charge in [-0.1, -0.05) is 236 Å². The van der Waals surface area contributed by atoms with E-state index < -0.39 is 8.07 Å². The van der Waals surface area contributed by atoms with Gasteiger partial charge in [0, 0.05) is 0 Å². The van der Waals surface area contributed by atoms with Crippen molar-refractivity contribution >= 4 is 68.6 Å². The summed E-state index contributed by atoms with van der Waals surface area (Å²) in [5.41, 5.74) is 9.86. The summed E-state index contributed by atoms with van der Waals surface area (Å²) in [5, 5.41) is 10.6. The number of hydrogen-bond donors (Lipinski definition) is 0. The van der Waals surface area contributed by atoms with Crippen LogP contribution in [0.3, 0.4) is 0 Å². The van der Waals surface area contributed by atoms with Crippen LogP contribution in [-0.2, 0) is 0 Å². The molecule has 0 unspecified atom stereocenters. The molecule has 0 aliphatic rings. The van der Waals surface area contributed by atoms with Crippen molar-refractivity contribution in [2.75, 3.05) is 0 Å². The lowest BCUT2D eigenvalue weighted by Gasteiger charge is -2.34. The van der Waals surface area contributed by atoms with Gasteiger partial charge >= 0.3 is 0 Å². The largest absolute Gasteiger partial charge is 0.179 e. The summed E-state index contributed by atoms with van der Waals surface area (Å²) < 4.78 is 0. The molecule has 0 nitrogen and oxygen atoms in total. The maximum atomic E-state index is 2.37. The van der Waals surface area contributed by atoms with E-state index in [1.54, 1.807) is 0 Å². The standard InChI is InChI=1S/C56H44Si/c1-3-14-42-27-33-45(34-28-42)55-51-19-10-12-21-53(51)56(54-22-13-11-20-52(54)55)46-35-29-43(30-36-46)25-26-44-31-39-50(40-32-44)57(47-15-6-4-7-16-47,48-17-8-5-9-18-48)49-37-23-41(2)24-38-49/h3-40H,1-2H3/b14-3+,26-25+. The van der Waals surface area contributed by atoms with Gasteiger partial charge in [0.25, 0.3) is 0 Å². The molecule has 0 bridgehead atoms. The molecule has 0 saturated heterocycles. The summed E-state index contributed by atoms with van der Waals surface area (Å²) in [6.45, 7) is 4.23. The highest BCUT2D eigenvalue weighted by Gasteiger charge is 2.41. The van der Waals surface area contributed by atoms with Gasteiger partial charge in [0.05, 0.1) is 0 Å². The van der Waals surface area contributed by atoms with Crippen LogP contribution in [0.4, 0.5) is 0 Å². The van der Waals surface area contributed by atoms with E-state index in [4.69, 9.17) is 0 Å². The van der Waals surface area contributed by atoms with Crippen LogP contribution in [0.5, 0.6) is 0 Å². The fourth-order valence-electron chi connectivity index (χ4n) is 8.68. The Morgan fingerprint density at radius 2 is 0.632 bits per heavy atom. The molecule has 0 amide bonds. The predicted octanol–water partition coefficient (Wildman–Crippen LogP) is 12.2. The third-order valence-corrected chi connectivity index (χ3v) is 16.2. The van der Waals surface area contributed by atoms with Gasteiger partial charge in [-0.05, 0) is 95.1 Å². The third-order valence-electron chi connectivity index (χ3n) is 11.4. The Hall–Kier alpha value is -6.80. The Bertz CT molecular complexity index is 2750. The predicted molar refractivity (Wildman–Crippen MR) is 251 cm³/mol. The topological polar surface area (TPSA) is 0 Å². The van der Waals surface area contributed by atoms with E-state index in [0.29, 0.717) is 0 Å². The molecule has 0 saturated carbocycles. The Morgan fingerprint density at radius 3 is 1.02 bits per heavy atom. The normalized spacial score (nSPS) is 11.9. The number of aryl methyl sites for hydroxylation is 1. The summed E-state index contributed by atoms with van der Waals surface area (Å²) >= 11 is 0. The van der Waals surface area contributed by atoms with Crippen molar-refractivity contribution in [2.45, 2.75) is 13.8 Å². The monoisotopic (exact) mass is 744 g/mol. The maximum absolute atomic E-state index is 2.57. The highest BCUT2D eigenvalue weighted by molar-refractivity contribution is 7.19. The Morgan fingerprint density at radius 1 is 0.316 bits per heavy atom. The van der Waals surface area contributed by atoms with Crippen molar-refractivity contribution in [2.24, 2.45) is 0 Å². The van der Waals surface area contributed by atoms with Crippen molar-refractivity contribution in [3.63, 3.8) is 0 Å². The van der Waals surface area contributed by atoms with Gasteiger partial charge in [0.1, 0.15) is 0 Å². The summed E-state index contributed by atoms with van der Waals surface area (Å²) in [7, 11) is -2.57. The molecule has 0 atom stereocenters. The molecule has 0 radical (unpaired) electrons. The zero-order chi connectivity index (χ0) is 38.6. The lowest BCUT2D eigenvalue weighted by Crippen LogP contribution is -2.74. The van der Waals surface area contributed by atoms with Crippen molar-refractivity contribution in [3.05, 3.63) is 235 Å². The minimum atomic E-state index is -2.57. The number of hydrogen-bond acceptors (Lipinski definition) is 0. The van der Waals surface area contributed by atoms with Gasteiger partial charge in [-0.2, -0.15) is 0 Å². The van der Waals surface area contributed by atoms with Gasteiger partial charge in [-0.3, -0.25) is 0 Å². The second kappa shape index (κ2) is 15.7. The lowest BCUT2D eigenvalue weighted by molar-refractivity contribution is 1.48. The minimum absolute atomic E-state index is 1.17. The molecule has 57 heavy (non-hydrogen) atoms. The van der Waals surface area contributed by atoms with Gasteiger partial charge in [0.2, 0.25) is 0 Å². The van der Waals surface area contributed by atoms with E-state index in [0.717, 1.165) is 0 Å². The van der Waals surface area contributed by atoms with Crippen molar-refractivity contribution in [3.8, 4) is 22.3 Å². The van der Waals surface area contributed by atoms with Crippen molar-refractivity contribution < 1.29 is 0 Å². The number of rotatable bonds is 9. The van der Waals surface area contributed by atoms with Gasteiger partial charge in [-0.15, -0.1) is 0 Å². The smallest absolute Gasteiger partial charge is 0.0871 e. The third kappa shape index (κ3) is 6.77. The van der Waals surface area contributed by atoms with Crippen LogP contribution < -0.4 is 20.7 Å². The molecule has 9 rings (SSSR count). The van der Waals surface area contributed by atoms with E-state index in [2.05, 4.69) is 244 Å². The van der Waals surface area contributed by atoms with E-state index in [1.165, 1.54) is 86.8 Å². The SMILES string of the molecule is C/C=C/c1ccc(-c2c3ccccc3c(-c3ccc(/C=C/c4ccc([Si](c5ccccc5)(c5ccccc5)c5ccc(C)cc5)cc4)cc3)c3ccccc23)cc1. The molecule has 9 aromatic rings. The average Bonchev–Trinajstić information content (AvgIpc) is 3.27. The molecule has 0 heterocycles. The first-order valence-corrected chi connectivity index (χ1v) is 21.9. The van der Waals surface area contributed by atoms with E-state index in [9.17, 15) is 0 Å². The summed E-state index contributed by atoms with van der Waals surface area (Å²) in [4.78, 5) is 0. The summed E-state index contributed by atoms with van der Waals surface area (Å²) in [6, 6.07) is 76.5. The molecule has 1 heteroatoms. The summed E-state index contributed by atoms with van der Waals surface area (Å²) in [5.74, 6) is 0. The van der Waals surface area contributed by atoms with Crippen LogP contribution in [0, 0.1) is 6.92 Å². The highest BCUT2D eigenvalue weighted by atomic mass is 28.3. The Kier molecular flexibility index (Phi) is 9.91. The van der Waals surface area contributed by atoms with Crippen LogP contribution in [0.1, 0.15) is 29.2 Å². The van der Waals surface area contributed by atoms with E-state index in [1.807, 2.05) is 0 Å². The molecule has 0 aromatic heterocycles. The molecule has 0 aliphatic heterocycles. The van der Waals surface area contributed by atoms with E-state index in [-0.39, 0.29) is 0 Å². The van der Waals surface area contributed by atoms with Crippen LogP contribution in [0.2, 0.25) is 0 Å². The highest BCUT2D eigenvalue weighted by Crippen LogP contribution is 2.43. The first kappa shape index (κ1) is 35.9. The molecular weight excluding hydrogens is 701 g/mol.